The molecule has 1 unspecified atom stereocenters. The maximum absolute atomic E-state index is 12.2. The molecule has 0 aliphatic heterocycles. The average Bonchev–Trinajstić information content (AvgIpc) is 2.37. The molecule has 1 aromatic heterocycles. The Balaban J connectivity index is 2.93. The molecule has 0 fully saturated rings. The van der Waals surface area contributed by atoms with Crippen molar-refractivity contribution in [1.82, 2.24) is 10.3 Å². The van der Waals surface area contributed by atoms with Gasteiger partial charge in [0.05, 0.1) is 6.61 Å². The molecule has 0 spiro atoms. The quantitative estimate of drug-likeness (QED) is 0.685. The van der Waals surface area contributed by atoms with Gasteiger partial charge in [-0.25, -0.2) is 9.78 Å². The molecule has 1 heterocycles. The number of nitrogens with one attached hydrogen (secondary N) is 1. The van der Waals surface area contributed by atoms with Crippen LogP contribution in [0.1, 0.15) is 50.7 Å². The van der Waals surface area contributed by atoms with Crippen molar-refractivity contribution in [1.29, 1.82) is 0 Å². The van der Waals surface area contributed by atoms with Gasteiger partial charge in [0.2, 0.25) is 0 Å². The molecular weight excluding hydrogens is 292 g/mol. The fraction of sp³-hybridized carbons (Fsp3) is 0.533. The van der Waals surface area contributed by atoms with Crippen molar-refractivity contribution in [3.8, 4) is 0 Å². The van der Waals surface area contributed by atoms with E-state index in [-0.39, 0.29) is 23.1 Å². The fourth-order valence-corrected chi connectivity index (χ4v) is 1.83. The van der Waals surface area contributed by atoms with Crippen LogP contribution in [-0.4, -0.2) is 29.5 Å². The highest BCUT2D eigenvalue weighted by Gasteiger charge is 2.21. The Morgan fingerprint density at radius 3 is 2.52 bits per heavy atom. The minimum atomic E-state index is -0.720. The number of ether oxygens (including phenoxy) is 1. The van der Waals surface area contributed by atoms with E-state index in [1.165, 1.54) is 6.07 Å². The summed E-state index contributed by atoms with van der Waals surface area (Å²) in [5.41, 5.74) is 0.854. The first kappa shape index (κ1) is 17.4. The number of rotatable bonds is 4. The Labute approximate surface area is 130 Å². The van der Waals surface area contributed by atoms with Gasteiger partial charge in [-0.05, 0) is 26.0 Å². The molecule has 0 aliphatic rings. The van der Waals surface area contributed by atoms with Crippen molar-refractivity contribution in [2.24, 2.45) is 0 Å². The maximum atomic E-state index is 12.2. The summed E-state index contributed by atoms with van der Waals surface area (Å²) in [6.07, 6.45) is 0. The van der Waals surface area contributed by atoms with E-state index in [4.69, 9.17) is 16.3 Å². The van der Waals surface area contributed by atoms with Crippen LogP contribution in [0.3, 0.4) is 0 Å². The number of esters is 1. The van der Waals surface area contributed by atoms with Crippen LogP contribution in [0.5, 0.6) is 0 Å². The summed E-state index contributed by atoms with van der Waals surface area (Å²) < 4.78 is 4.85. The van der Waals surface area contributed by atoms with E-state index in [1.807, 2.05) is 20.8 Å². The normalized spacial score (nSPS) is 12.7. The van der Waals surface area contributed by atoms with Crippen molar-refractivity contribution in [2.45, 2.75) is 46.1 Å². The summed E-state index contributed by atoms with van der Waals surface area (Å²) in [7, 11) is 0. The summed E-state index contributed by atoms with van der Waals surface area (Å²) in [6.45, 7) is 9.50. The van der Waals surface area contributed by atoms with Gasteiger partial charge in [-0.15, -0.1) is 0 Å². The first-order chi connectivity index (χ1) is 9.65. The van der Waals surface area contributed by atoms with Crippen molar-refractivity contribution >= 4 is 23.5 Å². The Hall–Kier alpha value is -1.62. The van der Waals surface area contributed by atoms with Gasteiger partial charge in [0.15, 0.2) is 0 Å². The zero-order chi connectivity index (χ0) is 16.2. The van der Waals surface area contributed by atoms with E-state index < -0.39 is 12.0 Å². The lowest BCUT2D eigenvalue weighted by atomic mass is 9.91. The molecular formula is C15H21ClN2O3. The lowest BCUT2D eigenvalue weighted by Crippen LogP contribution is -2.39. The molecule has 0 bridgehead atoms. The second-order valence-electron chi connectivity index (χ2n) is 5.76. The molecule has 1 amide bonds. The maximum Gasteiger partial charge on any atom is 0.328 e. The summed E-state index contributed by atoms with van der Waals surface area (Å²) in [6, 6.07) is 2.44. The average molecular weight is 313 g/mol. The number of nitrogens with zero attached hydrogens (tertiary/aromatic N) is 1. The SMILES string of the molecule is CCOC(=O)C(C)NC(=O)c1cc(Cl)nc(C(C)(C)C)c1. The van der Waals surface area contributed by atoms with Gasteiger partial charge in [-0.2, -0.15) is 0 Å². The van der Waals surface area contributed by atoms with Crippen LogP contribution >= 0.6 is 11.6 Å². The van der Waals surface area contributed by atoms with E-state index in [9.17, 15) is 9.59 Å². The molecule has 0 radical (unpaired) electrons. The summed E-state index contributed by atoms with van der Waals surface area (Å²) >= 11 is 5.97. The van der Waals surface area contributed by atoms with Gasteiger partial charge in [-0.1, -0.05) is 32.4 Å². The third-order valence-electron chi connectivity index (χ3n) is 2.81. The molecule has 0 aromatic carbocycles. The summed E-state index contributed by atoms with van der Waals surface area (Å²) in [4.78, 5) is 27.9. The van der Waals surface area contributed by atoms with E-state index in [0.29, 0.717) is 11.3 Å². The van der Waals surface area contributed by atoms with Crippen LogP contribution in [0.4, 0.5) is 0 Å². The van der Waals surface area contributed by atoms with E-state index >= 15 is 0 Å². The largest absolute Gasteiger partial charge is 0.464 e. The van der Waals surface area contributed by atoms with Crippen LogP contribution in [0.25, 0.3) is 0 Å². The van der Waals surface area contributed by atoms with Crippen LogP contribution in [-0.2, 0) is 14.9 Å². The van der Waals surface area contributed by atoms with E-state index in [2.05, 4.69) is 10.3 Å². The van der Waals surface area contributed by atoms with Crippen LogP contribution < -0.4 is 5.32 Å². The van der Waals surface area contributed by atoms with Crippen molar-refractivity contribution in [2.75, 3.05) is 6.61 Å². The topological polar surface area (TPSA) is 68.3 Å². The molecule has 0 saturated carbocycles. The summed E-state index contributed by atoms with van der Waals surface area (Å²) in [5, 5.41) is 2.83. The second-order valence-corrected chi connectivity index (χ2v) is 6.15. The highest BCUT2D eigenvalue weighted by molar-refractivity contribution is 6.29. The second kappa shape index (κ2) is 6.89. The van der Waals surface area contributed by atoms with Crippen LogP contribution in [0, 0.1) is 0 Å². The smallest absolute Gasteiger partial charge is 0.328 e. The molecule has 1 rings (SSSR count). The number of aromatic nitrogens is 1. The van der Waals surface area contributed by atoms with E-state index in [0.717, 1.165) is 0 Å². The van der Waals surface area contributed by atoms with E-state index in [1.54, 1.807) is 19.9 Å². The monoisotopic (exact) mass is 312 g/mol. The highest BCUT2D eigenvalue weighted by atomic mass is 35.5. The number of amides is 1. The van der Waals surface area contributed by atoms with Gasteiger partial charge in [0.25, 0.3) is 5.91 Å². The molecule has 0 saturated heterocycles. The summed E-state index contributed by atoms with van der Waals surface area (Å²) in [5.74, 6) is -0.854. The number of carbonyl (C=O) groups is 2. The molecule has 116 valence electrons. The van der Waals surface area contributed by atoms with Crippen LogP contribution in [0.15, 0.2) is 12.1 Å². The predicted octanol–water partition coefficient (Wildman–Crippen LogP) is 2.71. The Bertz CT molecular complexity index is 538. The van der Waals surface area contributed by atoms with Gasteiger partial charge in [0, 0.05) is 16.7 Å². The molecule has 0 aliphatic carbocycles. The first-order valence-electron chi connectivity index (χ1n) is 6.80. The van der Waals surface area contributed by atoms with Gasteiger partial charge in [0.1, 0.15) is 11.2 Å². The van der Waals surface area contributed by atoms with Crippen molar-refractivity contribution < 1.29 is 14.3 Å². The first-order valence-corrected chi connectivity index (χ1v) is 7.18. The molecule has 21 heavy (non-hydrogen) atoms. The zero-order valence-corrected chi connectivity index (χ0v) is 13.7. The standard InChI is InChI=1S/C15H21ClN2O3/c1-6-21-14(20)9(2)17-13(19)10-7-11(15(3,4)5)18-12(16)8-10/h7-9H,6H2,1-5H3,(H,17,19). The number of pyridine rings is 1. The lowest BCUT2D eigenvalue weighted by Gasteiger charge is -2.19. The molecule has 5 nitrogen and oxygen atoms in total. The Kier molecular flexibility index (Phi) is 5.72. The minimum Gasteiger partial charge on any atom is -0.464 e. The van der Waals surface area contributed by atoms with Gasteiger partial charge < -0.3 is 10.1 Å². The predicted molar refractivity (Wildman–Crippen MR) is 81.5 cm³/mol. The fourth-order valence-electron chi connectivity index (χ4n) is 1.62. The third kappa shape index (κ3) is 5.01. The van der Waals surface area contributed by atoms with Gasteiger partial charge >= 0.3 is 5.97 Å². The van der Waals surface area contributed by atoms with Crippen LogP contribution in [0.2, 0.25) is 5.15 Å². The number of hydrogen-bond donors (Lipinski definition) is 1. The Morgan fingerprint density at radius 1 is 1.38 bits per heavy atom. The highest BCUT2D eigenvalue weighted by Crippen LogP contribution is 2.23. The lowest BCUT2D eigenvalue weighted by molar-refractivity contribution is -0.144. The molecule has 6 heteroatoms. The minimum absolute atomic E-state index is 0.229. The molecule has 1 N–H and O–H groups in total. The molecule has 1 atom stereocenters. The van der Waals surface area contributed by atoms with Crippen molar-refractivity contribution in [3.63, 3.8) is 0 Å². The number of hydrogen-bond acceptors (Lipinski definition) is 4. The Morgan fingerprint density at radius 2 is 2.00 bits per heavy atom. The number of carbonyl (C=O) groups excluding carboxylic acids is 2. The zero-order valence-electron chi connectivity index (χ0n) is 13.0. The molecule has 1 aromatic rings. The van der Waals surface area contributed by atoms with Gasteiger partial charge in [-0.3, -0.25) is 4.79 Å². The third-order valence-corrected chi connectivity index (χ3v) is 3.01. The number of halogens is 1. The van der Waals surface area contributed by atoms with Crippen molar-refractivity contribution in [3.05, 3.63) is 28.5 Å².